The Morgan fingerprint density at radius 2 is 1.73 bits per heavy atom. The van der Waals surface area contributed by atoms with E-state index in [2.05, 4.69) is 10.2 Å². The molecule has 1 fully saturated rings. The number of hydrogen-bond acceptors (Lipinski definition) is 3. The van der Waals surface area contributed by atoms with Crippen LogP contribution in [-0.4, -0.2) is 43.4 Å². The zero-order chi connectivity index (χ0) is 15.9. The number of nitrogens with zero attached hydrogens (tertiary/aromatic N) is 2. The van der Waals surface area contributed by atoms with Gasteiger partial charge in [-0.25, -0.2) is 0 Å². The Hall–Kier alpha value is -2.04. The van der Waals surface area contributed by atoms with Gasteiger partial charge in [0, 0.05) is 43.5 Å². The van der Waals surface area contributed by atoms with Gasteiger partial charge in [0.2, 0.25) is 12.3 Å². The van der Waals surface area contributed by atoms with Gasteiger partial charge in [0.15, 0.2) is 0 Å². The van der Waals surface area contributed by atoms with Gasteiger partial charge in [0.05, 0.1) is 0 Å². The van der Waals surface area contributed by atoms with E-state index in [4.69, 9.17) is 0 Å². The minimum absolute atomic E-state index is 0.0797. The van der Waals surface area contributed by atoms with Crippen molar-refractivity contribution in [2.75, 3.05) is 36.4 Å². The summed E-state index contributed by atoms with van der Waals surface area (Å²) < 4.78 is 0. The summed E-state index contributed by atoms with van der Waals surface area (Å²) >= 11 is 0. The second kappa shape index (κ2) is 7.82. The summed E-state index contributed by atoms with van der Waals surface area (Å²) in [5.41, 5.74) is 1.97. The number of carbonyl (C=O) groups is 2. The zero-order valence-corrected chi connectivity index (χ0v) is 13.4. The van der Waals surface area contributed by atoms with Crippen molar-refractivity contribution in [3.05, 3.63) is 24.3 Å². The summed E-state index contributed by atoms with van der Waals surface area (Å²) in [4.78, 5) is 26.8. The average Bonchev–Trinajstić information content (AvgIpc) is 2.57. The smallest absolute Gasteiger partial charge is 0.227 e. The van der Waals surface area contributed by atoms with Crippen molar-refractivity contribution >= 4 is 23.7 Å². The van der Waals surface area contributed by atoms with Crippen LogP contribution in [0.25, 0.3) is 0 Å². The van der Waals surface area contributed by atoms with Crippen LogP contribution in [0.3, 0.4) is 0 Å². The van der Waals surface area contributed by atoms with Gasteiger partial charge in [-0.1, -0.05) is 13.8 Å². The van der Waals surface area contributed by atoms with Crippen LogP contribution in [0.15, 0.2) is 24.3 Å². The van der Waals surface area contributed by atoms with Crippen LogP contribution in [-0.2, 0) is 9.59 Å². The summed E-state index contributed by atoms with van der Waals surface area (Å²) in [5, 5.41) is 2.98. The van der Waals surface area contributed by atoms with Gasteiger partial charge in [-0.05, 0) is 37.1 Å². The van der Waals surface area contributed by atoms with Crippen molar-refractivity contribution in [3.8, 4) is 0 Å². The lowest BCUT2D eigenvalue weighted by Gasteiger charge is -2.34. The van der Waals surface area contributed by atoms with Crippen LogP contribution in [0.5, 0.6) is 0 Å². The lowest BCUT2D eigenvalue weighted by molar-refractivity contribution is -0.120. The number of anilines is 2. The summed E-state index contributed by atoms with van der Waals surface area (Å²) in [6, 6.07) is 7.95. The van der Waals surface area contributed by atoms with Crippen molar-refractivity contribution in [3.63, 3.8) is 0 Å². The lowest BCUT2D eigenvalue weighted by Crippen LogP contribution is -2.45. The van der Waals surface area contributed by atoms with Crippen LogP contribution in [0.2, 0.25) is 0 Å². The fourth-order valence-corrected chi connectivity index (χ4v) is 2.74. The maximum absolute atomic E-state index is 12.1. The van der Waals surface area contributed by atoms with E-state index in [9.17, 15) is 9.59 Å². The lowest BCUT2D eigenvalue weighted by atomic mass is 10.0. The zero-order valence-electron chi connectivity index (χ0n) is 13.4. The van der Waals surface area contributed by atoms with Gasteiger partial charge < -0.3 is 15.1 Å². The number of hydrogen-bond donors (Lipinski definition) is 1. The van der Waals surface area contributed by atoms with E-state index in [-0.39, 0.29) is 11.8 Å². The Labute approximate surface area is 132 Å². The molecule has 22 heavy (non-hydrogen) atoms. The minimum Gasteiger partial charge on any atom is -0.368 e. The molecular weight excluding hydrogens is 278 g/mol. The summed E-state index contributed by atoms with van der Waals surface area (Å²) in [6.45, 7) is 7.29. The van der Waals surface area contributed by atoms with Gasteiger partial charge in [-0.15, -0.1) is 0 Å². The third kappa shape index (κ3) is 4.00. The van der Waals surface area contributed by atoms with Crippen molar-refractivity contribution < 1.29 is 9.59 Å². The Morgan fingerprint density at radius 3 is 2.23 bits per heavy atom. The average molecular weight is 303 g/mol. The number of carbonyl (C=O) groups excluding carboxylic acids is 2. The first kappa shape index (κ1) is 16.3. The molecule has 120 valence electrons. The number of rotatable bonds is 6. The van der Waals surface area contributed by atoms with E-state index >= 15 is 0 Å². The molecule has 1 aliphatic heterocycles. The molecule has 1 heterocycles. The molecule has 2 amide bonds. The first-order valence-electron chi connectivity index (χ1n) is 8.03. The highest BCUT2D eigenvalue weighted by Gasteiger charge is 2.16. The minimum atomic E-state index is 0.0797. The molecule has 0 saturated carbocycles. The highest BCUT2D eigenvalue weighted by molar-refractivity contribution is 5.92. The number of benzene rings is 1. The predicted octanol–water partition coefficient (Wildman–Crippen LogP) is 2.34. The molecule has 1 aromatic carbocycles. The van der Waals surface area contributed by atoms with Gasteiger partial charge in [0.1, 0.15) is 0 Å². The van der Waals surface area contributed by atoms with E-state index in [1.165, 1.54) is 0 Å². The van der Waals surface area contributed by atoms with Crippen LogP contribution in [0.1, 0.15) is 26.7 Å². The molecule has 0 aliphatic carbocycles. The van der Waals surface area contributed by atoms with Crippen LogP contribution < -0.4 is 10.2 Å². The maximum Gasteiger partial charge on any atom is 0.227 e. The Kier molecular flexibility index (Phi) is 5.81. The second-order valence-electron chi connectivity index (χ2n) is 5.68. The van der Waals surface area contributed by atoms with Crippen molar-refractivity contribution in [1.82, 2.24) is 4.90 Å². The van der Waals surface area contributed by atoms with E-state index in [0.717, 1.165) is 56.8 Å². The second-order valence-corrected chi connectivity index (χ2v) is 5.68. The van der Waals surface area contributed by atoms with Crippen LogP contribution >= 0.6 is 0 Å². The van der Waals surface area contributed by atoms with Gasteiger partial charge >= 0.3 is 0 Å². The van der Waals surface area contributed by atoms with Crippen LogP contribution in [0, 0.1) is 5.92 Å². The van der Waals surface area contributed by atoms with Gasteiger partial charge in [0.25, 0.3) is 0 Å². The highest BCUT2D eigenvalue weighted by Crippen LogP contribution is 2.20. The fraction of sp³-hybridized carbons (Fsp3) is 0.529. The quantitative estimate of drug-likeness (QED) is 0.821. The molecular formula is C17H25N3O2. The topological polar surface area (TPSA) is 52.7 Å². The van der Waals surface area contributed by atoms with E-state index < -0.39 is 0 Å². The van der Waals surface area contributed by atoms with E-state index in [1.807, 2.05) is 38.1 Å². The molecule has 5 heteroatoms. The third-order valence-electron chi connectivity index (χ3n) is 4.32. The molecule has 5 nitrogen and oxygen atoms in total. The number of amides is 2. The monoisotopic (exact) mass is 303 g/mol. The molecule has 0 spiro atoms. The van der Waals surface area contributed by atoms with E-state index in [0.29, 0.717) is 0 Å². The van der Waals surface area contributed by atoms with E-state index in [1.54, 1.807) is 4.90 Å². The summed E-state index contributed by atoms with van der Waals surface area (Å²) in [6.07, 6.45) is 2.64. The van der Waals surface area contributed by atoms with Crippen LogP contribution in [0.4, 0.5) is 11.4 Å². The molecule has 0 unspecified atom stereocenters. The van der Waals surface area contributed by atoms with Crippen molar-refractivity contribution in [1.29, 1.82) is 0 Å². The molecule has 0 aromatic heterocycles. The predicted molar refractivity (Wildman–Crippen MR) is 89.0 cm³/mol. The summed E-state index contributed by atoms with van der Waals surface area (Å²) in [5.74, 6) is 0.174. The van der Waals surface area contributed by atoms with Crippen molar-refractivity contribution in [2.24, 2.45) is 5.92 Å². The molecule has 1 aromatic rings. The molecule has 0 radical (unpaired) electrons. The van der Waals surface area contributed by atoms with Gasteiger partial charge in [-0.2, -0.15) is 0 Å². The summed E-state index contributed by atoms with van der Waals surface area (Å²) in [7, 11) is 0. The number of nitrogens with one attached hydrogen (secondary N) is 1. The normalized spacial score (nSPS) is 15.0. The Morgan fingerprint density at radius 1 is 1.14 bits per heavy atom. The molecule has 1 aliphatic rings. The van der Waals surface area contributed by atoms with Gasteiger partial charge in [-0.3, -0.25) is 9.59 Å². The molecule has 1 saturated heterocycles. The van der Waals surface area contributed by atoms with Crippen molar-refractivity contribution in [2.45, 2.75) is 26.7 Å². The largest absolute Gasteiger partial charge is 0.368 e. The highest BCUT2D eigenvalue weighted by atomic mass is 16.2. The molecule has 0 bridgehead atoms. The standard InChI is InChI=1S/C17H25N3O2/c1-3-14(4-2)17(22)18-15-5-7-16(8-6-15)20-11-9-19(13-21)10-12-20/h5-8,13-14H,3-4,9-12H2,1-2H3,(H,18,22). The Bertz CT molecular complexity index is 489. The molecule has 0 atom stereocenters. The SMILES string of the molecule is CCC(CC)C(=O)Nc1ccc(N2CCN(C=O)CC2)cc1. The Balaban J connectivity index is 1.93. The molecule has 2 rings (SSSR count). The number of piperazine rings is 1. The third-order valence-corrected chi connectivity index (χ3v) is 4.32. The fourth-order valence-electron chi connectivity index (χ4n) is 2.74. The first-order valence-corrected chi connectivity index (χ1v) is 8.03. The first-order chi connectivity index (χ1) is 10.7. The molecule has 1 N–H and O–H groups in total. The maximum atomic E-state index is 12.1.